The molecule has 3 heterocycles. The summed E-state index contributed by atoms with van der Waals surface area (Å²) in [5, 5.41) is 7.54. The Hall–Kier alpha value is -2.54. The Labute approximate surface area is 238 Å². The van der Waals surface area contributed by atoms with E-state index in [0.717, 1.165) is 65.5 Å². The Balaban J connectivity index is 1.52. The predicted molar refractivity (Wildman–Crippen MR) is 159 cm³/mol. The van der Waals surface area contributed by atoms with E-state index in [0.29, 0.717) is 29.2 Å². The van der Waals surface area contributed by atoms with E-state index in [-0.39, 0.29) is 16.8 Å². The molecule has 212 valence electrons. The highest BCUT2D eigenvalue weighted by molar-refractivity contribution is 8.13. The maximum Gasteiger partial charge on any atom is 0.284 e. The fourth-order valence-corrected chi connectivity index (χ4v) is 6.55. The number of nitrogens with zero attached hydrogens (tertiary/aromatic N) is 5. The van der Waals surface area contributed by atoms with Crippen LogP contribution in [0.5, 0.6) is 5.75 Å². The SMILES string of the molecule is CCCc1nn(C)c2c(=O)[nH]c(-c3cc(SN4CC[N+](C)(CSC(=O)NC(C)C)CC4)ccc3OCC)nc12. The van der Waals surface area contributed by atoms with Gasteiger partial charge in [0.1, 0.15) is 23.0 Å². The van der Waals surface area contributed by atoms with Gasteiger partial charge in [-0.1, -0.05) is 13.3 Å². The summed E-state index contributed by atoms with van der Waals surface area (Å²) in [5.74, 6) is 1.94. The average molecular weight is 575 g/mol. The van der Waals surface area contributed by atoms with Crippen molar-refractivity contribution < 1.29 is 14.0 Å². The van der Waals surface area contributed by atoms with Crippen LogP contribution in [-0.2, 0) is 13.5 Å². The van der Waals surface area contributed by atoms with Gasteiger partial charge < -0.3 is 19.5 Å². The van der Waals surface area contributed by atoms with Gasteiger partial charge in [-0.2, -0.15) is 5.10 Å². The Morgan fingerprint density at radius 3 is 2.67 bits per heavy atom. The molecule has 10 nitrogen and oxygen atoms in total. The maximum atomic E-state index is 13.1. The molecule has 0 saturated carbocycles. The number of carbonyl (C=O) groups is 1. The number of amides is 1. The van der Waals surface area contributed by atoms with Gasteiger partial charge in [-0.15, -0.1) is 0 Å². The van der Waals surface area contributed by atoms with E-state index in [1.54, 1.807) is 23.7 Å². The topological polar surface area (TPSA) is 105 Å². The molecule has 0 atom stereocenters. The number of aromatic amines is 1. The summed E-state index contributed by atoms with van der Waals surface area (Å²) in [7, 11) is 4.00. The molecule has 0 aliphatic carbocycles. The molecule has 1 aliphatic heterocycles. The summed E-state index contributed by atoms with van der Waals surface area (Å²) >= 11 is 3.07. The first-order valence-electron chi connectivity index (χ1n) is 13.5. The molecule has 1 amide bonds. The van der Waals surface area contributed by atoms with Crippen LogP contribution in [0.4, 0.5) is 4.79 Å². The molecule has 2 aromatic heterocycles. The minimum absolute atomic E-state index is 0.0426. The highest BCUT2D eigenvalue weighted by atomic mass is 32.2. The predicted octanol–water partition coefficient (Wildman–Crippen LogP) is 4.25. The maximum absolute atomic E-state index is 13.1. The molecule has 3 aromatic rings. The van der Waals surface area contributed by atoms with Crippen LogP contribution < -0.4 is 15.6 Å². The van der Waals surface area contributed by atoms with Crippen LogP contribution in [0.3, 0.4) is 0 Å². The van der Waals surface area contributed by atoms with Crippen LogP contribution in [0.2, 0.25) is 0 Å². The number of aromatic nitrogens is 4. The third kappa shape index (κ3) is 7.16. The molecule has 1 saturated heterocycles. The molecule has 39 heavy (non-hydrogen) atoms. The van der Waals surface area contributed by atoms with E-state index in [2.05, 4.69) is 39.7 Å². The summed E-state index contributed by atoms with van der Waals surface area (Å²) in [6.45, 7) is 12.2. The quantitative estimate of drug-likeness (QED) is 0.274. The normalized spacial score (nSPS) is 15.7. The van der Waals surface area contributed by atoms with Gasteiger partial charge in [0.25, 0.3) is 10.8 Å². The number of hydrogen-bond donors (Lipinski definition) is 2. The number of hydrogen-bond acceptors (Lipinski definition) is 8. The van der Waals surface area contributed by atoms with Gasteiger partial charge in [-0.05, 0) is 69.1 Å². The van der Waals surface area contributed by atoms with E-state index >= 15 is 0 Å². The number of likely N-dealkylation sites (N-methyl/N-ethyl adjacent to an activating group) is 1. The van der Waals surface area contributed by atoms with Crippen molar-refractivity contribution in [3.8, 4) is 17.1 Å². The van der Waals surface area contributed by atoms with E-state index in [1.165, 1.54) is 11.8 Å². The van der Waals surface area contributed by atoms with Gasteiger partial charge in [0.15, 0.2) is 5.52 Å². The Kier molecular flexibility index (Phi) is 9.63. The molecule has 1 aromatic carbocycles. The molecule has 2 N–H and O–H groups in total. The minimum Gasteiger partial charge on any atom is -0.493 e. The number of rotatable bonds is 10. The van der Waals surface area contributed by atoms with Crippen molar-refractivity contribution in [3.63, 3.8) is 0 Å². The number of thioether (sulfide) groups is 1. The molecule has 1 aliphatic rings. The van der Waals surface area contributed by atoms with Crippen LogP contribution in [0.1, 0.15) is 39.8 Å². The lowest BCUT2D eigenvalue weighted by Gasteiger charge is -2.41. The number of fused-ring (bicyclic) bond motifs is 1. The lowest BCUT2D eigenvalue weighted by molar-refractivity contribution is -0.900. The van der Waals surface area contributed by atoms with Crippen LogP contribution >= 0.6 is 23.7 Å². The molecule has 12 heteroatoms. The molecule has 0 spiro atoms. The van der Waals surface area contributed by atoms with Gasteiger partial charge in [0, 0.05) is 18.0 Å². The van der Waals surface area contributed by atoms with Crippen LogP contribution in [0.15, 0.2) is 27.9 Å². The molecular weight excluding hydrogens is 534 g/mol. The number of nitrogens with one attached hydrogen (secondary N) is 2. The summed E-state index contributed by atoms with van der Waals surface area (Å²) in [5.41, 5.74) is 2.52. The highest BCUT2D eigenvalue weighted by Crippen LogP contribution is 2.35. The Morgan fingerprint density at radius 2 is 2.00 bits per heavy atom. The fourth-order valence-electron chi connectivity index (χ4n) is 4.60. The highest BCUT2D eigenvalue weighted by Gasteiger charge is 2.30. The standard InChI is InChI=1S/C27H39N7O3S2/c1-7-9-21-23-24(32(5)31-21)26(35)30-25(29-23)20-16-19(10-11-22(20)37-8-2)39-33-12-14-34(6,15-13-33)17-38-27(36)28-18(3)4/h10-11,16,18H,7-9,12-15,17H2,1-6H3,(H-,28,29,30,35,36)/p+1. The number of piperazine rings is 1. The summed E-state index contributed by atoms with van der Waals surface area (Å²) in [6, 6.07) is 6.21. The fraction of sp³-hybridized carbons (Fsp3) is 0.556. The smallest absolute Gasteiger partial charge is 0.284 e. The number of benzene rings is 1. The third-order valence-corrected chi connectivity index (χ3v) is 8.90. The molecule has 0 unspecified atom stereocenters. The van der Waals surface area contributed by atoms with E-state index in [9.17, 15) is 9.59 Å². The first-order chi connectivity index (χ1) is 18.6. The monoisotopic (exact) mass is 574 g/mol. The summed E-state index contributed by atoms with van der Waals surface area (Å²) < 4.78 is 10.8. The Bertz CT molecular complexity index is 1360. The van der Waals surface area contributed by atoms with Gasteiger partial charge in [0.05, 0.1) is 51.1 Å². The second-order valence-corrected chi connectivity index (χ2v) is 12.6. The van der Waals surface area contributed by atoms with Crippen molar-refractivity contribution in [1.82, 2.24) is 29.4 Å². The van der Waals surface area contributed by atoms with E-state index in [1.807, 2.05) is 32.9 Å². The third-order valence-electron chi connectivity index (χ3n) is 6.68. The van der Waals surface area contributed by atoms with Crippen LogP contribution in [0.25, 0.3) is 22.4 Å². The van der Waals surface area contributed by atoms with E-state index < -0.39 is 0 Å². The molecular formula is C27H40N7O3S2+. The molecule has 1 fully saturated rings. The minimum atomic E-state index is -0.208. The van der Waals surface area contributed by atoms with Gasteiger partial charge in [-0.3, -0.25) is 14.3 Å². The largest absolute Gasteiger partial charge is 0.493 e. The first kappa shape index (κ1) is 29.4. The molecule has 4 rings (SSSR count). The van der Waals surface area contributed by atoms with Gasteiger partial charge in [-0.25, -0.2) is 9.29 Å². The van der Waals surface area contributed by atoms with E-state index in [4.69, 9.17) is 9.72 Å². The number of carbonyl (C=O) groups excluding carboxylic acids is 1. The second-order valence-electron chi connectivity index (χ2n) is 10.5. The molecule has 0 radical (unpaired) electrons. The van der Waals surface area contributed by atoms with Gasteiger partial charge >= 0.3 is 0 Å². The zero-order valence-electron chi connectivity index (χ0n) is 23.7. The van der Waals surface area contributed by atoms with Crippen LogP contribution in [-0.4, -0.2) is 85.5 Å². The summed E-state index contributed by atoms with van der Waals surface area (Å²) in [6.07, 6.45) is 1.68. The zero-order chi connectivity index (χ0) is 28.2. The van der Waals surface area contributed by atoms with Crippen molar-refractivity contribution in [1.29, 1.82) is 0 Å². The van der Waals surface area contributed by atoms with Crippen molar-refractivity contribution in [2.45, 2.75) is 51.5 Å². The van der Waals surface area contributed by atoms with Crippen molar-refractivity contribution in [3.05, 3.63) is 34.2 Å². The molecule has 0 bridgehead atoms. The number of aryl methyl sites for hydroxylation is 2. The lowest BCUT2D eigenvalue weighted by atomic mass is 10.1. The summed E-state index contributed by atoms with van der Waals surface area (Å²) in [4.78, 5) is 34.0. The van der Waals surface area contributed by atoms with Crippen LogP contribution in [0, 0.1) is 0 Å². The van der Waals surface area contributed by atoms with Crippen molar-refractivity contribution >= 4 is 40.0 Å². The average Bonchev–Trinajstić information content (AvgIpc) is 3.20. The van der Waals surface area contributed by atoms with Crippen molar-refractivity contribution in [2.24, 2.45) is 7.05 Å². The number of H-pyrrole nitrogens is 1. The number of quaternary nitrogens is 1. The number of ether oxygens (including phenoxy) is 1. The van der Waals surface area contributed by atoms with Gasteiger partial charge in [0.2, 0.25) is 0 Å². The van der Waals surface area contributed by atoms with Crippen molar-refractivity contribution in [2.75, 3.05) is 45.7 Å². The lowest BCUT2D eigenvalue weighted by Crippen LogP contribution is -2.55. The Morgan fingerprint density at radius 1 is 1.26 bits per heavy atom. The second kappa shape index (κ2) is 12.8. The zero-order valence-corrected chi connectivity index (χ0v) is 25.4. The first-order valence-corrected chi connectivity index (χ1v) is 15.3.